The van der Waals surface area contributed by atoms with Gasteiger partial charge in [0.25, 0.3) is 11.5 Å². The van der Waals surface area contributed by atoms with Gasteiger partial charge in [0.2, 0.25) is 0 Å². The van der Waals surface area contributed by atoms with E-state index in [0.717, 1.165) is 24.4 Å². The maximum Gasteiger partial charge on any atom is 0.330 e. The Morgan fingerprint density at radius 1 is 1.12 bits per heavy atom. The number of hydrogen-bond acceptors (Lipinski definition) is 6. The number of aromatic nitrogens is 4. The van der Waals surface area contributed by atoms with Crippen LogP contribution in [-0.2, 0) is 19.6 Å². The molecule has 4 heterocycles. The van der Waals surface area contributed by atoms with Crippen LogP contribution < -0.4 is 11.2 Å². The second kappa shape index (κ2) is 9.15. The van der Waals surface area contributed by atoms with Crippen LogP contribution in [0.25, 0.3) is 11.2 Å². The third-order valence-electron chi connectivity index (χ3n) is 5.99. The topological polar surface area (TPSA) is 109 Å². The molecule has 1 aliphatic rings. The molecule has 0 spiro atoms. The second-order valence-corrected chi connectivity index (χ2v) is 8.19. The number of amides is 1. The number of fused-ring (bicyclic) bond motifs is 1. The molecule has 1 fully saturated rings. The SMILES string of the molecule is CCCCn1c(=O)[nH]c(=O)c2c1nc(CN1CCN(C(=O)c3ccc(C)o3)CC1)n2CC. The number of carbonyl (C=O) groups excluding carboxylic acids is 1. The normalized spacial score (nSPS) is 15.0. The lowest BCUT2D eigenvalue weighted by Crippen LogP contribution is -2.48. The minimum Gasteiger partial charge on any atom is -0.456 e. The lowest BCUT2D eigenvalue weighted by Gasteiger charge is -2.34. The van der Waals surface area contributed by atoms with Crippen LogP contribution >= 0.6 is 0 Å². The summed E-state index contributed by atoms with van der Waals surface area (Å²) in [4.78, 5) is 48.7. The van der Waals surface area contributed by atoms with Gasteiger partial charge >= 0.3 is 5.69 Å². The van der Waals surface area contributed by atoms with Crippen molar-refractivity contribution < 1.29 is 9.21 Å². The predicted molar refractivity (Wildman–Crippen MR) is 120 cm³/mol. The number of unbranched alkanes of at least 4 members (excludes halogenated alkanes) is 1. The number of imidazole rings is 1. The molecule has 3 aromatic rings. The number of nitrogens with one attached hydrogen (secondary N) is 1. The number of hydrogen-bond donors (Lipinski definition) is 1. The summed E-state index contributed by atoms with van der Waals surface area (Å²) < 4.78 is 8.92. The first-order valence-electron chi connectivity index (χ1n) is 11.2. The highest BCUT2D eigenvalue weighted by Crippen LogP contribution is 2.16. The lowest BCUT2D eigenvalue weighted by molar-refractivity contribution is 0.0592. The van der Waals surface area contributed by atoms with Gasteiger partial charge in [0.1, 0.15) is 11.6 Å². The van der Waals surface area contributed by atoms with Crippen molar-refractivity contribution in [1.82, 2.24) is 28.9 Å². The highest BCUT2D eigenvalue weighted by atomic mass is 16.3. The van der Waals surface area contributed by atoms with E-state index in [4.69, 9.17) is 9.40 Å². The first kappa shape index (κ1) is 22.1. The molecular formula is C22H30N6O4. The molecule has 1 saturated heterocycles. The summed E-state index contributed by atoms with van der Waals surface area (Å²) in [6, 6.07) is 3.50. The first-order valence-corrected chi connectivity index (χ1v) is 11.2. The Morgan fingerprint density at radius 3 is 2.50 bits per heavy atom. The van der Waals surface area contributed by atoms with Gasteiger partial charge in [-0.3, -0.25) is 24.0 Å². The van der Waals surface area contributed by atoms with Gasteiger partial charge in [-0.2, -0.15) is 0 Å². The first-order chi connectivity index (χ1) is 15.4. The number of nitrogens with zero attached hydrogens (tertiary/aromatic N) is 5. The molecule has 1 aliphatic heterocycles. The maximum atomic E-state index is 12.6. The van der Waals surface area contributed by atoms with Gasteiger partial charge in [-0.15, -0.1) is 0 Å². The van der Waals surface area contributed by atoms with Crippen molar-refractivity contribution in [3.8, 4) is 0 Å². The van der Waals surface area contributed by atoms with Gasteiger partial charge in [0, 0.05) is 39.3 Å². The fourth-order valence-corrected chi connectivity index (χ4v) is 4.22. The summed E-state index contributed by atoms with van der Waals surface area (Å²) in [6.07, 6.45) is 1.77. The minimum atomic E-state index is -0.413. The molecule has 1 amide bonds. The van der Waals surface area contributed by atoms with Crippen LogP contribution in [0.4, 0.5) is 0 Å². The molecule has 172 valence electrons. The zero-order valence-electron chi connectivity index (χ0n) is 18.9. The highest BCUT2D eigenvalue weighted by Gasteiger charge is 2.26. The Morgan fingerprint density at radius 2 is 1.88 bits per heavy atom. The van der Waals surface area contributed by atoms with E-state index in [1.165, 1.54) is 0 Å². The number of rotatable bonds is 7. The van der Waals surface area contributed by atoms with Crippen molar-refractivity contribution in [3.63, 3.8) is 0 Å². The lowest BCUT2D eigenvalue weighted by atomic mass is 10.3. The molecule has 10 nitrogen and oxygen atoms in total. The quantitative estimate of drug-likeness (QED) is 0.595. The van der Waals surface area contributed by atoms with E-state index in [0.29, 0.717) is 62.7 Å². The average Bonchev–Trinajstić information content (AvgIpc) is 3.37. The molecular weight excluding hydrogens is 412 g/mol. The van der Waals surface area contributed by atoms with Gasteiger partial charge in [-0.25, -0.2) is 9.78 Å². The molecule has 1 N–H and O–H groups in total. The second-order valence-electron chi connectivity index (χ2n) is 8.19. The number of furan rings is 1. The Labute approximate surface area is 185 Å². The molecule has 4 rings (SSSR count). The van der Waals surface area contributed by atoms with Crippen molar-refractivity contribution in [2.45, 2.75) is 53.2 Å². The largest absolute Gasteiger partial charge is 0.456 e. The van der Waals surface area contributed by atoms with E-state index in [1.54, 1.807) is 21.6 Å². The van der Waals surface area contributed by atoms with E-state index >= 15 is 0 Å². The van der Waals surface area contributed by atoms with Crippen LogP contribution in [0.3, 0.4) is 0 Å². The number of piperazine rings is 1. The standard InChI is InChI=1S/C22H30N6O4/c1-4-6-9-28-19-18(20(29)24-22(28)31)27(5-2)17(23-19)14-25-10-12-26(13-11-25)21(30)16-8-7-15(3)32-16/h7-8H,4-6,9-14H2,1-3H3,(H,24,29,31). The fourth-order valence-electron chi connectivity index (χ4n) is 4.22. The van der Waals surface area contributed by atoms with Gasteiger partial charge in [0.05, 0.1) is 6.54 Å². The van der Waals surface area contributed by atoms with Crippen LogP contribution in [0.2, 0.25) is 0 Å². The monoisotopic (exact) mass is 442 g/mol. The van der Waals surface area contributed by atoms with Crippen molar-refractivity contribution >= 4 is 17.1 Å². The fraction of sp³-hybridized carbons (Fsp3) is 0.545. The zero-order valence-corrected chi connectivity index (χ0v) is 18.9. The number of carbonyl (C=O) groups is 1. The van der Waals surface area contributed by atoms with Crippen molar-refractivity contribution in [1.29, 1.82) is 0 Å². The summed E-state index contributed by atoms with van der Waals surface area (Å²) in [5.41, 5.74) is 0.0808. The van der Waals surface area contributed by atoms with E-state index < -0.39 is 11.2 Å². The minimum absolute atomic E-state index is 0.0926. The maximum absolute atomic E-state index is 12.6. The third-order valence-corrected chi connectivity index (χ3v) is 5.99. The smallest absolute Gasteiger partial charge is 0.330 e. The Hall–Kier alpha value is -3.14. The molecule has 10 heteroatoms. The van der Waals surface area contributed by atoms with Crippen LogP contribution in [0, 0.1) is 6.92 Å². The van der Waals surface area contributed by atoms with Crippen molar-refractivity contribution in [2.24, 2.45) is 0 Å². The Balaban J connectivity index is 1.53. The average molecular weight is 443 g/mol. The van der Waals surface area contributed by atoms with Gasteiger partial charge in [0.15, 0.2) is 16.9 Å². The van der Waals surface area contributed by atoms with Crippen LogP contribution in [0.15, 0.2) is 26.1 Å². The van der Waals surface area contributed by atoms with Gasteiger partial charge in [-0.05, 0) is 32.4 Å². The molecule has 32 heavy (non-hydrogen) atoms. The van der Waals surface area contributed by atoms with Crippen molar-refractivity contribution in [2.75, 3.05) is 26.2 Å². The third kappa shape index (κ3) is 4.14. The summed E-state index contributed by atoms with van der Waals surface area (Å²) in [7, 11) is 0. The van der Waals surface area contributed by atoms with Gasteiger partial charge < -0.3 is 13.9 Å². The van der Waals surface area contributed by atoms with E-state index in [9.17, 15) is 14.4 Å². The zero-order chi connectivity index (χ0) is 22.8. The summed E-state index contributed by atoms with van der Waals surface area (Å²) in [5.74, 6) is 1.75. The van der Waals surface area contributed by atoms with Crippen molar-refractivity contribution in [3.05, 3.63) is 50.3 Å². The molecule has 0 aromatic carbocycles. The van der Waals surface area contributed by atoms with Crippen LogP contribution in [0.1, 0.15) is 48.8 Å². The molecule has 0 radical (unpaired) electrons. The summed E-state index contributed by atoms with van der Waals surface area (Å²) >= 11 is 0. The number of aryl methyl sites for hydroxylation is 3. The number of aromatic amines is 1. The molecule has 0 aliphatic carbocycles. The molecule has 0 saturated carbocycles. The van der Waals surface area contributed by atoms with E-state index in [1.807, 2.05) is 18.4 Å². The number of H-pyrrole nitrogens is 1. The Kier molecular flexibility index (Phi) is 6.31. The summed E-state index contributed by atoms with van der Waals surface area (Å²) in [6.45, 7) is 10.1. The van der Waals surface area contributed by atoms with E-state index in [2.05, 4.69) is 16.8 Å². The van der Waals surface area contributed by atoms with Gasteiger partial charge in [-0.1, -0.05) is 13.3 Å². The molecule has 0 unspecified atom stereocenters. The molecule has 0 bridgehead atoms. The summed E-state index contributed by atoms with van der Waals surface area (Å²) in [5, 5.41) is 0. The predicted octanol–water partition coefficient (Wildman–Crippen LogP) is 1.57. The highest BCUT2D eigenvalue weighted by molar-refractivity contribution is 5.91. The molecule has 0 atom stereocenters. The van der Waals surface area contributed by atoms with E-state index in [-0.39, 0.29) is 5.91 Å². The Bertz CT molecular complexity index is 1230. The van der Waals surface area contributed by atoms with Crippen LogP contribution in [-0.4, -0.2) is 61.0 Å². The van der Waals surface area contributed by atoms with Crippen LogP contribution in [0.5, 0.6) is 0 Å². The molecule has 3 aromatic heterocycles.